The summed E-state index contributed by atoms with van der Waals surface area (Å²) in [6.07, 6.45) is 7.99. The van der Waals surface area contributed by atoms with Gasteiger partial charge in [0.2, 0.25) is 0 Å². The summed E-state index contributed by atoms with van der Waals surface area (Å²) in [6, 6.07) is 14.2. The topological polar surface area (TPSA) is 75.1 Å². The summed E-state index contributed by atoms with van der Waals surface area (Å²) >= 11 is 0. The van der Waals surface area contributed by atoms with Crippen molar-refractivity contribution in [2.45, 2.75) is 19.0 Å². The maximum absolute atomic E-state index is 12.5. The van der Waals surface area contributed by atoms with Gasteiger partial charge >= 0.3 is 6.03 Å². The Morgan fingerprint density at radius 3 is 2.81 bits per heavy atom. The molecule has 0 radical (unpaired) electrons. The van der Waals surface area contributed by atoms with Gasteiger partial charge in [-0.25, -0.2) is 4.79 Å². The molecule has 2 aromatic heterocycles. The lowest BCUT2D eigenvalue weighted by Gasteiger charge is -2.17. The molecule has 7 nitrogen and oxygen atoms in total. The van der Waals surface area contributed by atoms with Gasteiger partial charge < -0.3 is 15.5 Å². The highest BCUT2D eigenvalue weighted by Gasteiger charge is 2.26. The molecule has 0 spiro atoms. The van der Waals surface area contributed by atoms with Crippen LogP contribution in [-0.4, -0.2) is 44.8 Å². The molecule has 1 fully saturated rings. The zero-order chi connectivity index (χ0) is 18.5. The van der Waals surface area contributed by atoms with Crippen molar-refractivity contribution in [2.75, 3.05) is 23.7 Å². The van der Waals surface area contributed by atoms with Crippen LogP contribution in [0.5, 0.6) is 0 Å². The van der Waals surface area contributed by atoms with E-state index in [1.165, 1.54) is 0 Å². The molecule has 1 atom stereocenters. The SMILES string of the molecule is O=C(Nc1cnn(Cc2cccnc2)c1)N1CC[C@@H](Nc2ccccc2)C1. The number of likely N-dealkylation sites (tertiary alicyclic amines) is 1. The highest BCUT2D eigenvalue weighted by Crippen LogP contribution is 2.17. The molecule has 3 aromatic rings. The molecule has 1 aliphatic heterocycles. The lowest BCUT2D eigenvalue weighted by molar-refractivity contribution is 0.222. The third-order valence-electron chi connectivity index (χ3n) is 4.57. The van der Waals surface area contributed by atoms with E-state index >= 15 is 0 Å². The summed E-state index contributed by atoms with van der Waals surface area (Å²) in [4.78, 5) is 18.5. The predicted molar refractivity (Wildman–Crippen MR) is 105 cm³/mol. The van der Waals surface area contributed by atoms with Crippen LogP contribution in [0.3, 0.4) is 0 Å². The van der Waals surface area contributed by atoms with Crippen LogP contribution in [0.2, 0.25) is 0 Å². The third-order valence-corrected chi connectivity index (χ3v) is 4.57. The van der Waals surface area contributed by atoms with Crippen molar-refractivity contribution >= 4 is 17.4 Å². The summed E-state index contributed by atoms with van der Waals surface area (Å²) in [5.74, 6) is 0. The maximum Gasteiger partial charge on any atom is 0.322 e. The Morgan fingerprint density at radius 2 is 2.00 bits per heavy atom. The first-order valence-electron chi connectivity index (χ1n) is 9.05. The lowest BCUT2D eigenvalue weighted by Crippen LogP contribution is -2.34. The number of pyridine rings is 1. The number of amides is 2. The minimum atomic E-state index is -0.0895. The number of hydrogen-bond donors (Lipinski definition) is 2. The summed E-state index contributed by atoms with van der Waals surface area (Å²) < 4.78 is 1.79. The fraction of sp³-hybridized carbons (Fsp3) is 0.250. The van der Waals surface area contributed by atoms with E-state index in [-0.39, 0.29) is 12.1 Å². The van der Waals surface area contributed by atoms with E-state index in [4.69, 9.17) is 0 Å². The molecule has 138 valence electrons. The number of urea groups is 1. The average Bonchev–Trinajstić information content (AvgIpc) is 3.33. The van der Waals surface area contributed by atoms with E-state index in [2.05, 4.69) is 20.7 Å². The first-order chi connectivity index (χ1) is 13.3. The maximum atomic E-state index is 12.5. The van der Waals surface area contributed by atoms with Crippen LogP contribution in [0.4, 0.5) is 16.2 Å². The second-order valence-corrected chi connectivity index (χ2v) is 6.66. The highest BCUT2D eigenvalue weighted by atomic mass is 16.2. The molecule has 1 aliphatic rings. The van der Waals surface area contributed by atoms with E-state index in [9.17, 15) is 4.79 Å². The van der Waals surface area contributed by atoms with Gasteiger partial charge in [0.25, 0.3) is 0 Å². The Labute approximate surface area is 158 Å². The van der Waals surface area contributed by atoms with Gasteiger partial charge in [-0.1, -0.05) is 24.3 Å². The first-order valence-corrected chi connectivity index (χ1v) is 9.05. The van der Waals surface area contributed by atoms with Crippen LogP contribution in [0.1, 0.15) is 12.0 Å². The minimum absolute atomic E-state index is 0.0895. The molecule has 1 aromatic carbocycles. The fourth-order valence-electron chi connectivity index (χ4n) is 3.23. The second-order valence-electron chi connectivity index (χ2n) is 6.66. The first kappa shape index (κ1) is 17.1. The number of aromatic nitrogens is 3. The van der Waals surface area contributed by atoms with E-state index < -0.39 is 0 Å². The molecule has 0 saturated carbocycles. The van der Waals surface area contributed by atoms with Crippen LogP contribution in [0.15, 0.2) is 67.3 Å². The smallest absolute Gasteiger partial charge is 0.322 e. The molecule has 1 saturated heterocycles. The molecule has 7 heteroatoms. The van der Waals surface area contributed by atoms with Crippen LogP contribution in [0.25, 0.3) is 0 Å². The number of carbonyl (C=O) groups is 1. The highest BCUT2D eigenvalue weighted by molar-refractivity contribution is 5.89. The minimum Gasteiger partial charge on any atom is -0.380 e. The molecule has 27 heavy (non-hydrogen) atoms. The van der Waals surface area contributed by atoms with Gasteiger partial charge in [0.1, 0.15) is 0 Å². The number of benzene rings is 1. The molecular formula is C20H22N6O. The fourth-order valence-corrected chi connectivity index (χ4v) is 3.23. The van der Waals surface area contributed by atoms with Gasteiger partial charge in [-0.3, -0.25) is 9.67 Å². The quantitative estimate of drug-likeness (QED) is 0.731. The van der Waals surface area contributed by atoms with Crippen LogP contribution in [0, 0.1) is 0 Å². The average molecular weight is 362 g/mol. The molecule has 2 N–H and O–H groups in total. The zero-order valence-corrected chi connectivity index (χ0v) is 15.0. The van der Waals surface area contributed by atoms with Gasteiger partial charge in [-0.05, 0) is 30.2 Å². The predicted octanol–water partition coefficient (Wildman–Crippen LogP) is 3.04. The second kappa shape index (κ2) is 7.90. The van der Waals surface area contributed by atoms with Gasteiger partial charge in [-0.15, -0.1) is 0 Å². The van der Waals surface area contributed by atoms with Gasteiger partial charge in [0.15, 0.2) is 0 Å². The summed E-state index contributed by atoms with van der Waals surface area (Å²) in [5.41, 5.74) is 2.85. The monoisotopic (exact) mass is 362 g/mol. The number of anilines is 2. The number of carbonyl (C=O) groups excluding carboxylic acids is 1. The number of rotatable bonds is 5. The summed E-state index contributed by atoms with van der Waals surface area (Å²) in [5, 5.41) is 10.7. The molecule has 0 aliphatic carbocycles. The van der Waals surface area contributed by atoms with Gasteiger partial charge in [-0.2, -0.15) is 5.10 Å². The standard InChI is InChI=1S/C20H22N6O/c27-20(25-10-8-18(14-25)23-17-6-2-1-3-7-17)24-19-12-22-26(15-19)13-16-5-4-9-21-11-16/h1-7,9,11-12,15,18,23H,8,10,13-14H2,(H,24,27)/t18-/m1/s1. The molecule has 0 unspecified atom stereocenters. The molecule has 3 heterocycles. The molecular weight excluding hydrogens is 340 g/mol. The van der Waals surface area contributed by atoms with Crippen molar-refractivity contribution in [1.29, 1.82) is 0 Å². The number of nitrogens with one attached hydrogen (secondary N) is 2. The lowest BCUT2D eigenvalue weighted by atomic mass is 10.2. The Morgan fingerprint density at radius 1 is 1.11 bits per heavy atom. The van der Waals surface area contributed by atoms with Crippen LogP contribution < -0.4 is 10.6 Å². The van der Waals surface area contributed by atoms with Crippen molar-refractivity contribution in [3.05, 3.63) is 72.8 Å². The van der Waals surface area contributed by atoms with Crippen molar-refractivity contribution in [1.82, 2.24) is 19.7 Å². The zero-order valence-electron chi connectivity index (χ0n) is 15.0. The molecule has 2 amide bonds. The van der Waals surface area contributed by atoms with Crippen molar-refractivity contribution in [2.24, 2.45) is 0 Å². The van der Waals surface area contributed by atoms with Gasteiger partial charge in [0.05, 0.1) is 18.4 Å². The van der Waals surface area contributed by atoms with Crippen LogP contribution in [-0.2, 0) is 6.54 Å². The largest absolute Gasteiger partial charge is 0.380 e. The molecule has 0 bridgehead atoms. The Bertz CT molecular complexity index is 880. The van der Waals surface area contributed by atoms with Crippen molar-refractivity contribution < 1.29 is 4.79 Å². The number of nitrogens with zero attached hydrogens (tertiary/aromatic N) is 4. The third kappa shape index (κ3) is 4.44. The summed E-state index contributed by atoms with van der Waals surface area (Å²) in [7, 11) is 0. The number of para-hydroxylation sites is 1. The molecule has 4 rings (SSSR count). The Hall–Kier alpha value is -3.35. The van der Waals surface area contributed by atoms with E-state index in [1.54, 1.807) is 17.1 Å². The Balaban J connectivity index is 1.29. The Kier molecular flexibility index (Phi) is 5.00. The van der Waals surface area contributed by atoms with Crippen molar-refractivity contribution in [3.63, 3.8) is 0 Å². The van der Waals surface area contributed by atoms with E-state index in [0.29, 0.717) is 18.8 Å². The van der Waals surface area contributed by atoms with Crippen molar-refractivity contribution in [3.8, 4) is 0 Å². The normalized spacial score (nSPS) is 16.3. The summed E-state index contributed by atoms with van der Waals surface area (Å²) in [6.45, 7) is 2.04. The van der Waals surface area contributed by atoms with Gasteiger partial charge in [0, 0.05) is 43.4 Å². The van der Waals surface area contributed by atoms with E-state index in [0.717, 1.165) is 24.2 Å². The van der Waals surface area contributed by atoms with E-state index in [1.807, 2.05) is 59.8 Å². The number of hydrogen-bond acceptors (Lipinski definition) is 4. The van der Waals surface area contributed by atoms with Crippen LogP contribution >= 0.6 is 0 Å².